The van der Waals surface area contributed by atoms with Gasteiger partial charge >= 0.3 is 5.97 Å². The molecule has 0 aliphatic heterocycles. The summed E-state index contributed by atoms with van der Waals surface area (Å²) in [5.41, 5.74) is 3.93. The van der Waals surface area contributed by atoms with Crippen LogP contribution in [-0.4, -0.2) is 17.6 Å². The Morgan fingerprint density at radius 2 is 1.96 bits per heavy atom. The van der Waals surface area contributed by atoms with Gasteiger partial charge in [0.1, 0.15) is 0 Å². The van der Waals surface area contributed by atoms with Crippen LogP contribution in [0.25, 0.3) is 23.1 Å². The van der Waals surface area contributed by atoms with Crippen LogP contribution in [0.15, 0.2) is 54.6 Å². The normalized spacial score (nSPS) is 12.4. The highest BCUT2D eigenvalue weighted by Gasteiger charge is 2.12. The lowest BCUT2D eigenvalue weighted by Crippen LogP contribution is -2.08. The number of esters is 1. The molecule has 138 valence electrons. The third-order valence-electron chi connectivity index (χ3n) is 4.38. The predicted molar refractivity (Wildman–Crippen MR) is 112 cm³/mol. The maximum absolute atomic E-state index is 11.7. The van der Waals surface area contributed by atoms with Crippen molar-refractivity contribution in [1.82, 2.24) is 4.98 Å². The number of benzene rings is 2. The van der Waals surface area contributed by atoms with Crippen LogP contribution in [0.1, 0.15) is 43.0 Å². The number of rotatable bonds is 6. The zero-order chi connectivity index (χ0) is 19.2. The first-order valence-corrected chi connectivity index (χ1v) is 9.43. The average molecular weight is 380 g/mol. The standard InChI is InChI=1S/C23H22ClNO2/c1-3-27-23(26)13-16(2)19-6-4-5-17(14-19)7-11-21-12-9-18-8-10-20(24)15-22(18)25-21/h4-12,14-16H,3,13H2,1-2H3/b11-7+. The SMILES string of the molecule is CCOC(=O)CC(C)c1cccc(/C=C/c2ccc3ccc(Cl)cc3n2)c1. The molecule has 1 atom stereocenters. The number of hydrogen-bond acceptors (Lipinski definition) is 3. The van der Waals surface area contributed by atoms with Crippen LogP contribution < -0.4 is 0 Å². The summed E-state index contributed by atoms with van der Waals surface area (Å²) < 4.78 is 5.04. The molecule has 27 heavy (non-hydrogen) atoms. The van der Waals surface area contributed by atoms with Gasteiger partial charge in [0.2, 0.25) is 0 Å². The Hall–Kier alpha value is -2.65. The molecule has 1 aromatic heterocycles. The Balaban J connectivity index is 1.76. The fourth-order valence-electron chi connectivity index (χ4n) is 2.94. The first-order valence-electron chi connectivity index (χ1n) is 9.05. The lowest BCUT2D eigenvalue weighted by atomic mass is 9.96. The summed E-state index contributed by atoms with van der Waals surface area (Å²) in [5.74, 6) is -0.0525. The minimum atomic E-state index is -0.162. The van der Waals surface area contributed by atoms with Crippen molar-refractivity contribution in [3.63, 3.8) is 0 Å². The van der Waals surface area contributed by atoms with Gasteiger partial charge in [-0.05, 0) is 48.2 Å². The molecular formula is C23H22ClNO2. The van der Waals surface area contributed by atoms with Gasteiger partial charge in [-0.3, -0.25) is 4.79 Å². The predicted octanol–water partition coefficient (Wildman–Crippen LogP) is 6.12. The molecule has 4 heteroatoms. The van der Waals surface area contributed by atoms with Crippen molar-refractivity contribution in [2.45, 2.75) is 26.2 Å². The molecule has 0 saturated heterocycles. The summed E-state index contributed by atoms with van der Waals surface area (Å²) in [6, 6.07) is 17.9. The highest BCUT2D eigenvalue weighted by atomic mass is 35.5. The van der Waals surface area contributed by atoms with Gasteiger partial charge in [-0.1, -0.05) is 61.0 Å². The highest BCUT2D eigenvalue weighted by Crippen LogP contribution is 2.22. The third-order valence-corrected chi connectivity index (χ3v) is 4.62. The zero-order valence-electron chi connectivity index (χ0n) is 15.5. The van der Waals surface area contributed by atoms with E-state index >= 15 is 0 Å². The van der Waals surface area contributed by atoms with Crippen LogP contribution >= 0.6 is 11.6 Å². The van der Waals surface area contributed by atoms with Crippen molar-refractivity contribution in [2.75, 3.05) is 6.61 Å². The first-order chi connectivity index (χ1) is 13.0. The van der Waals surface area contributed by atoms with Gasteiger partial charge in [-0.2, -0.15) is 0 Å². The zero-order valence-corrected chi connectivity index (χ0v) is 16.2. The molecule has 3 nitrogen and oxygen atoms in total. The van der Waals surface area contributed by atoms with Gasteiger partial charge in [0.25, 0.3) is 0 Å². The molecule has 0 aliphatic rings. The minimum absolute atomic E-state index is 0.110. The van der Waals surface area contributed by atoms with Crippen LogP contribution in [-0.2, 0) is 9.53 Å². The molecular weight excluding hydrogens is 358 g/mol. The van der Waals surface area contributed by atoms with E-state index in [-0.39, 0.29) is 11.9 Å². The molecule has 0 bridgehead atoms. The molecule has 1 unspecified atom stereocenters. The topological polar surface area (TPSA) is 39.2 Å². The molecule has 3 aromatic rings. The Morgan fingerprint density at radius 3 is 2.78 bits per heavy atom. The molecule has 0 saturated carbocycles. The summed E-state index contributed by atoms with van der Waals surface area (Å²) in [5, 5.41) is 1.74. The molecule has 0 aliphatic carbocycles. The number of pyridine rings is 1. The molecule has 0 amide bonds. The Morgan fingerprint density at radius 1 is 1.15 bits per heavy atom. The van der Waals surface area contributed by atoms with E-state index in [9.17, 15) is 4.79 Å². The maximum atomic E-state index is 11.7. The number of halogens is 1. The fraction of sp³-hybridized carbons (Fsp3) is 0.217. The van der Waals surface area contributed by atoms with E-state index in [1.54, 1.807) is 0 Å². The molecule has 3 rings (SSSR count). The van der Waals surface area contributed by atoms with Gasteiger partial charge < -0.3 is 4.74 Å². The van der Waals surface area contributed by atoms with Gasteiger partial charge in [0.05, 0.1) is 24.2 Å². The second-order valence-electron chi connectivity index (χ2n) is 6.49. The molecule has 1 heterocycles. The fourth-order valence-corrected chi connectivity index (χ4v) is 3.10. The van der Waals surface area contributed by atoms with Crippen LogP contribution in [0.4, 0.5) is 0 Å². The van der Waals surface area contributed by atoms with E-state index in [4.69, 9.17) is 16.3 Å². The van der Waals surface area contributed by atoms with Crippen molar-refractivity contribution >= 4 is 40.6 Å². The van der Waals surface area contributed by atoms with Gasteiger partial charge in [0, 0.05) is 10.4 Å². The van der Waals surface area contributed by atoms with Crippen molar-refractivity contribution in [1.29, 1.82) is 0 Å². The quantitative estimate of drug-likeness (QED) is 0.484. The number of carbonyl (C=O) groups excluding carboxylic acids is 1. The summed E-state index contributed by atoms with van der Waals surface area (Å²) in [6.07, 6.45) is 4.39. The number of hydrogen-bond donors (Lipinski definition) is 0. The van der Waals surface area contributed by atoms with E-state index < -0.39 is 0 Å². The minimum Gasteiger partial charge on any atom is -0.466 e. The van der Waals surface area contributed by atoms with E-state index in [0.29, 0.717) is 18.1 Å². The van der Waals surface area contributed by atoms with Crippen LogP contribution in [0.2, 0.25) is 5.02 Å². The maximum Gasteiger partial charge on any atom is 0.306 e. The number of carbonyl (C=O) groups is 1. The molecule has 2 aromatic carbocycles. The largest absolute Gasteiger partial charge is 0.466 e. The Bertz CT molecular complexity index is 981. The molecule has 0 radical (unpaired) electrons. The van der Waals surface area contributed by atoms with E-state index in [1.165, 1.54) is 0 Å². The van der Waals surface area contributed by atoms with Crippen molar-refractivity contribution < 1.29 is 9.53 Å². The summed E-state index contributed by atoms with van der Waals surface area (Å²) in [4.78, 5) is 16.3. The highest BCUT2D eigenvalue weighted by molar-refractivity contribution is 6.31. The average Bonchev–Trinajstić information content (AvgIpc) is 2.66. The first kappa shape index (κ1) is 19.1. The van der Waals surface area contributed by atoms with Crippen LogP contribution in [0.3, 0.4) is 0 Å². The molecule has 0 N–H and O–H groups in total. The van der Waals surface area contributed by atoms with Crippen LogP contribution in [0.5, 0.6) is 0 Å². The molecule has 0 spiro atoms. The van der Waals surface area contributed by atoms with Gasteiger partial charge in [-0.15, -0.1) is 0 Å². The third kappa shape index (κ3) is 5.18. The van der Waals surface area contributed by atoms with Gasteiger partial charge in [-0.25, -0.2) is 4.98 Å². The Labute approximate surface area is 164 Å². The van der Waals surface area contributed by atoms with Gasteiger partial charge in [0.15, 0.2) is 0 Å². The summed E-state index contributed by atoms with van der Waals surface area (Å²) in [6.45, 7) is 4.27. The number of aromatic nitrogens is 1. The number of nitrogens with zero attached hydrogens (tertiary/aromatic N) is 1. The lowest BCUT2D eigenvalue weighted by Gasteiger charge is -2.11. The lowest BCUT2D eigenvalue weighted by molar-refractivity contribution is -0.143. The van der Waals surface area contributed by atoms with E-state index in [1.807, 2.05) is 74.5 Å². The second kappa shape index (κ2) is 8.83. The number of fused-ring (bicyclic) bond motifs is 1. The van der Waals surface area contributed by atoms with E-state index in [0.717, 1.165) is 27.7 Å². The van der Waals surface area contributed by atoms with Crippen molar-refractivity contribution in [3.8, 4) is 0 Å². The summed E-state index contributed by atoms with van der Waals surface area (Å²) in [7, 11) is 0. The molecule has 0 fully saturated rings. The van der Waals surface area contributed by atoms with Crippen LogP contribution in [0, 0.1) is 0 Å². The smallest absolute Gasteiger partial charge is 0.306 e. The monoisotopic (exact) mass is 379 g/mol. The second-order valence-corrected chi connectivity index (χ2v) is 6.92. The van der Waals surface area contributed by atoms with E-state index in [2.05, 4.69) is 11.1 Å². The van der Waals surface area contributed by atoms with Crippen molar-refractivity contribution in [2.24, 2.45) is 0 Å². The number of ether oxygens (including phenoxy) is 1. The van der Waals surface area contributed by atoms with Crippen molar-refractivity contribution in [3.05, 3.63) is 76.4 Å². The Kier molecular flexibility index (Phi) is 6.25. The summed E-state index contributed by atoms with van der Waals surface area (Å²) >= 11 is 6.06.